The number of thioether (sulfide) groups is 1. The summed E-state index contributed by atoms with van der Waals surface area (Å²) in [5, 5.41) is 10.6. The van der Waals surface area contributed by atoms with Gasteiger partial charge < -0.3 is 15.6 Å². The smallest absolute Gasteiger partial charge is 0.270 e. The molecule has 0 saturated carbocycles. The molecule has 2 amide bonds. The van der Waals surface area contributed by atoms with Crippen molar-refractivity contribution in [2.75, 3.05) is 18.8 Å². The van der Waals surface area contributed by atoms with E-state index in [2.05, 4.69) is 15.2 Å². The van der Waals surface area contributed by atoms with Crippen LogP contribution in [0.4, 0.5) is 0 Å². The maximum absolute atomic E-state index is 12.6. The lowest BCUT2D eigenvalue weighted by Gasteiger charge is -2.13. The van der Waals surface area contributed by atoms with Gasteiger partial charge in [0.2, 0.25) is 5.91 Å². The first kappa shape index (κ1) is 20.4. The molecule has 3 aromatic rings. The maximum atomic E-state index is 12.6. The van der Waals surface area contributed by atoms with Crippen molar-refractivity contribution >= 4 is 40.7 Å². The number of aromatic nitrogens is 4. The molecule has 3 aromatic heterocycles. The molecule has 0 unspecified atom stereocenters. The van der Waals surface area contributed by atoms with E-state index in [0.29, 0.717) is 22.2 Å². The van der Waals surface area contributed by atoms with Crippen LogP contribution in [0.15, 0.2) is 34.9 Å². The minimum absolute atomic E-state index is 0.0740. The second-order valence-electron chi connectivity index (χ2n) is 6.85. The number of H-pyrrole nitrogens is 1. The molecule has 4 rings (SSSR count). The van der Waals surface area contributed by atoms with Crippen LogP contribution in [0.3, 0.4) is 0 Å². The average Bonchev–Trinajstić information content (AvgIpc) is 3.53. The first-order valence-corrected chi connectivity index (χ1v) is 11.3. The van der Waals surface area contributed by atoms with Gasteiger partial charge in [-0.15, -0.1) is 21.5 Å². The molecular weight excluding hydrogens is 424 g/mol. The van der Waals surface area contributed by atoms with Gasteiger partial charge in [0.15, 0.2) is 16.8 Å². The van der Waals surface area contributed by atoms with E-state index in [1.165, 1.54) is 23.1 Å². The number of hydrogen-bond acceptors (Lipinski definition) is 7. The third-order valence-corrected chi connectivity index (χ3v) is 6.57. The number of carbonyl (C=O) groups is 3. The lowest BCUT2D eigenvalue weighted by Crippen LogP contribution is -2.27. The number of rotatable bonds is 8. The number of hydrogen-bond donors (Lipinski definition) is 2. The van der Waals surface area contributed by atoms with Gasteiger partial charge in [-0.3, -0.25) is 19.0 Å². The van der Waals surface area contributed by atoms with Gasteiger partial charge in [0.1, 0.15) is 12.2 Å². The third kappa shape index (κ3) is 4.31. The highest BCUT2D eigenvalue weighted by atomic mass is 32.2. The van der Waals surface area contributed by atoms with Crippen LogP contribution in [0.1, 0.15) is 33.7 Å². The Morgan fingerprint density at radius 3 is 2.73 bits per heavy atom. The molecule has 1 aliphatic heterocycles. The van der Waals surface area contributed by atoms with Gasteiger partial charge in [0, 0.05) is 24.8 Å². The summed E-state index contributed by atoms with van der Waals surface area (Å²) in [4.78, 5) is 42.1. The molecule has 1 saturated heterocycles. The lowest BCUT2D eigenvalue weighted by molar-refractivity contribution is -0.118. The van der Waals surface area contributed by atoms with E-state index in [4.69, 9.17) is 5.73 Å². The Morgan fingerprint density at radius 1 is 1.23 bits per heavy atom. The molecule has 1 aliphatic rings. The summed E-state index contributed by atoms with van der Waals surface area (Å²) >= 11 is 2.66. The van der Waals surface area contributed by atoms with Crippen LogP contribution >= 0.6 is 23.1 Å². The van der Waals surface area contributed by atoms with Crippen molar-refractivity contribution < 1.29 is 14.4 Å². The van der Waals surface area contributed by atoms with Crippen LogP contribution in [0.2, 0.25) is 0 Å². The number of nitrogens with zero attached hydrogens (tertiary/aromatic N) is 4. The average molecular weight is 445 g/mol. The molecule has 0 aliphatic carbocycles. The predicted octanol–water partition coefficient (Wildman–Crippen LogP) is 2.03. The molecule has 30 heavy (non-hydrogen) atoms. The third-order valence-electron chi connectivity index (χ3n) is 4.73. The van der Waals surface area contributed by atoms with Crippen molar-refractivity contribution in [2.45, 2.75) is 24.5 Å². The molecule has 0 bridgehead atoms. The predicted molar refractivity (Wildman–Crippen MR) is 114 cm³/mol. The molecular formula is C19H20N6O3S2. The topological polar surface area (TPSA) is 127 Å². The molecule has 0 aromatic carbocycles. The van der Waals surface area contributed by atoms with Gasteiger partial charge in [-0.1, -0.05) is 17.8 Å². The van der Waals surface area contributed by atoms with Gasteiger partial charge in [-0.05, 0) is 30.4 Å². The van der Waals surface area contributed by atoms with E-state index < -0.39 is 5.91 Å². The summed E-state index contributed by atoms with van der Waals surface area (Å²) in [6, 6.07) is 5.35. The van der Waals surface area contributed by atoms with Crippen LogP contribution in [0, 0.1) is 0 Å². The molecule has 3 N–H and O–H groups in total. The Bertz CT molecular complexity index is 1070. The number of likely N-dealkylation sites (tertiary alicyclic amines) is 1. The number of carbonyl (C=O) groups excluding carboxylic acids is 3. The lowest BCUT2D eigenvalue weighted by atomic mass is 10.2. The van der Waals surface area contributed by atoms with E-state index in [0.717, 1.165) is 30.8 Å². The highest BCUT2D eigenvalue weighted by molar-refractivity contribution is 7.99. The summed E-state index contributed by atoms with van der Waals surface area (Å²) in [6.07, 6.45) is 3.57. The highest BCUT2D eigenvalue weighted by Crippen LogP contribution is 2.27. The van der Waals surface area contributed by atoms with Gasteiger partial charge in [0.25, 0.3) is 5.91 Å². The number of nitrogens with one attached hydrogen (secondary N) is 1. The zero-order valence-electron chi connectivity index (χ0n) is 16.0. The van der Waals surface area contributed by atoms with Crippen LogP contribution < -0.4 is 5.73 Å². The Morgan fingerprint density at radius 2 is 2.03 bits per heavy atom. The van der Waals surface area contributed by atoms with Crippen LogP contribution in [0.25, 0.3) is 10.7 Å². The van der Waals surface area contributed by atoms with E-state index in [-0.39, 0.29) is 24.0 Å². The maximum Gasteiger partial charge on any atom is 0.270 e. The van der Waals surface area contributed by atoms with Crippen molar-refractivity contribution in [1.82, 2.24) is 24.6 Å². The van der Waals surface area contributed by atoms with Crippen LogP contribution in [-0.4, -0.2) is 61.1 Å². The Balaban J connectivity index is 1.45. The normalized spacial score (nSPS) is 13.7. The molecule has 0 spiro atoms. The zero-order chi connectivity index (χ0) is 21.1. The fourth-order valence-corrected chi connectivity index (χ4v) is 4.81. The molecule has 9 nitrogen and oxygen atoms in total. The summed E-state index contributed by atoms with van der Waals surface area (Å²) in [6.45, 7) is 1.42. The number of amides is 2. The van der Waals surface area contributed by atoms with E-state index in [1.54, 1.807) is 21.7 Å². The number of aromatic amines is 1. The van der Waals surface area contributed by atoms with Crippen molar-refractivity contribution in [3.8, 4) is 10.7 Å². The van der Waals surface area contributed by atoms with E-state index in [9.17, 15) is 14.4 Å². The Kier molecular flexibility index (Phi) is 6.00. The van der Waals surface area contributed by atoms with Crippen molar-refractivity contribution in [3.05, 3.63) is 41.0 Å². The Hall–Kier alpha value is -2.92. The highest BCUT2D eigenvalue weighted by Gasteiger charge is 2.22. The molecule has 156 valence electrons. The molecule has 11 heteroatoms. The van der Waals surface area contributed by atoms with Crippen LogP contribution in [0.5, 0.6) is 0 Å². The number of primary amides is 1. The molecule has 0 radical (unpaired) electrons. The van der Waals surface area contributed by atoms with E-state index in [1.807, 2.05) is 17.5 Å². The fourth-order valence-electron chi connectivity index (χ4n) is 3.26. The van der Waals surface area contributed by atoms with Crippen LogP contribution in [-0.2, 0) is 11.3 Å². The minimum Gasteiger partial charge on any atom is -0.368 e. The standard InChI is InChI=1S/C19H20N6O3S2/c20-16(27)10-25-17(15-4-3-7-29-15)22-23-19(25)30-11-14(26)12-8-13(21-9-12)18(28)24-5-1-2-6-24/h3-4,7-9,21H,1-2,5-6,10-11H2,(H2,20,27). The van der Waals surface area contributed by atoms with Gasteiger partial charge >= 0.3 is 0 Å². The molecule has 1 fully saturated rings. The zero-order valence-corrected chi connectivity index (χ0v) is 17.7. The van der Waals surface area contributed by atoms with Gasteiger partial charge in [-0.2, -0.15) is 0 Å². The van der Waals surface area contributed by atoms with E-state index >= 15 is 0 Å². The first-order chi connectivity index (χ1) is 14.5. The van der Waals surface area contributed by atoms with Crippen molar-refractivity contribution in [1.29, 1.82) is 0 Å². The largest absolute Gasteiger partial charge is 0.368 e. The number of Topliss-reactive ketones (excluding diaryl/α,β-unsaturated/α-hetero) is 1. The minimum atomic E-state index is -0.517. The van der Waals surface area contributed by atoms with Gasteiger partial charge in [-0.25, -0.2) is 0 Å². The molecule has 0 atom stereocenters. The summed E-state index contributed by atoms with van der Waals surface area (Å²) in [5.41, 5.74) is 6.23. The Labute approximate surface area is 180 Å². The summed E-state index contributed by atoms with van der Waals surface area (Å²) in [7, 11) is 0. The van der Waals surface area contributed by atoms with Gasteiger partial charge in [0.05, 0.1) is 10.6 Å². The second kappa shape index (κ2) is 8.84. The fraction of sp³-hybridized carbons (Fsp3) is 0.316. The number of thiophene rings is 1. The second-order valence-corrected chi connectivity index (χ2v) is 8.74. The summed E-state index contributed by atoms with van der Waals surface area (Å²) < 4.78 is 1.62. The monoisotopic (exact) mass is 444 g/mol. The summed E-state index contributed by atoms with van der Waals surface area (Å²) in [5.74, 6) is -0.115. The van der Waals surface area contributed by atoms with Crippen molar-refractivity contribution in [3.63, 3.8) is 0 Å². The number of ketones is 1. The van der Waals surface area contributed by atoms with Crippen molar-refractivity contribution in [2.24, 2.45) is 5.73 Å². The quantitative estimate of drug-likeness (QED) is 0.404. The SMILES string of the molecule is NC(=O)Cn1c(SCC(=O)c2c[nH]c(C(=O)N3CCCC3)c2)nnc1-c1cccs1. The first-order valence-electron chi connectivity index (χ1n) is 9.42. The number of nitrogens with two attached hydrogens (primary N) is 1. The molecule has 4 heterocycles.